The van der Waals surface area contributed by atoms with E-state index in [0.29, 0.717) is 6.42 Å². The van der Waals surface area contributed by atoms with Crippen LogP contribution in [0.2, 0.25) is 0 Å². The first-order valence-corrected chi connectivity index (χ1v) is 6.24. The lowest BCUT2D eigenvalue weighted by molar-refractivity contribution is -0.0182. The zero-order valence-corrected chi connectivity index (χ0v) is 11.4. The number of rotatable bonds is 6. The number of hydrogen-bond donors (Lipinski definition) is 0. The maximum absolute atomic E-state index is 11.4. The minimum atomic E-state index is -0.684. The van der Waals surface area contributed by atoms with Gasteiger partial charge in [0.2, 0.25) is 0 Å². The highest BCUT2D eigenvalue weighted by atomic mass is 16.7. The van der Waals surface area contributed by atoms with Crippen LogP contribution in [0.25, 0.3) is 0 Å². The molecule has 1 atom stereocenters. The normalized spacial score (nSPS) is 12.6. The molecule has 0 spiro atoms. The topological polar surface area (TPSA) is 35.5 Å². The first kappa shape index (κ1) is 15.8. The summed E-state index contributed by atoms with van der Waals surface area (Å²) in [6, 6.07) is 0. The number of carbonyl (C=O) groups excluding carboxylic acids is 1. The molecule has 0 aromatic carbocycles. The Balaban J connectivity index is 3.89. The van der Waals surface area contributed by atoms with Crippen molar-refractivity contribution < 1.29 is 14.3 Å². The Hall–Kier alpha value is -1.17. The minimum Gasteiger partial charge on any atom is -0.429 e. The highest BCUT2D eigenvalue weighted by Crippen LogP contribution is 2.12. The molecule has 0 saturated carbocycles. The molecule has 1 unspecified atom stereocenters. The van der Waals surface area contributed by atoms with Crippen LogP contribution in [0.5, 0.6) is 0 Å². The predicted octanol–water partition coefficient (Wildman–Crippen LogP) is 3.91. The van der Waals surface area contributed by atoms with E-state index < -0.39 is 17.9 Å². The van der Waals surface area contributed by atoms with Crippen LogP contribution in [0, 0.1) is 12.3 Å². The monoisotopic (exact) mass is 240 g/mol. The standard InChI is InChI=1S/C14H24O3/c1-6-8-9-10-11-12(7-2)16-13(15)17-14(3,4)5/h2,12H,6,8-11H2,1,3-5H3. The molecule has 0 amide bonds. The Morgan fingerprint density at radius 1 is 1.29 bits per heavy atom. The van der Waals surface area contributed by atoms with Crippen molar-refractivity contribution in [3.05, 3.63) is 0 Å². The van der Waals surface area contributed by atoms with Crippen molar-refractivity contribution in [3.63, 3.8) is 0 Å². The van der Waals surface area contributed by atoms with Crippen LogP contribution in [0.1, 0.15) is 59.8 Å². The van der Waals surface area contributed by atoms with Gasteiger partial charge >= 0.3 is 6.16 Å². The number of unbranched alkanes of at least 4 members (excludes halogenated alkanes) is 3. The van der Waals surface area contributed by atoms with E-state index in [1.54, 1.807) is 20.8 Å². The van der Waals surface area contributed by atoms with Crippen molar-refractivity contribution in [2.75, 3.05) is 0 Å². The maximum atomic E-state index is 11.4. The van der Waals surface area contributed by atoms with Gasteiger partial charge in [-0.2, -0.15) is 0 Å². The molecule has 0 bridgehead atoms. The van der Waals surface area contributed by atoms with Crippen molar-refractivity contribution in [2.45, 2.75) is 71.5 Å². The molecular formula is C14H24O3. The summed E-state index contributed by atoms with van der Waals surface area (Å²) in [4.78, 5) is 11.4. The first-order chi connectivity index (χ1) is 7.89. The summed E-state index contributed by atoms with van der Waals surface area (Å²) in [5, 5.41) is 0. The summed E-state index contributed by atoms with van der Waals surface area (Å²) in [6.07, 6.45) is 9.32. The molecule has 0 aromatic rings. The summed E-state index contributed by atoms with van der Waals surface area (Å²) in [5.41, 5.74) is -0.543. The van der Waals surface area contributed by atoms with Crippen LogP contribution in [0.3, 0.4) is 0 Å². The van der Waals surface area contributed by atoms with E-state index in [0.717, 1.165) is 12.8 Å². The molecule has 0 aliphatic carbocycles. The molecule has 0 saturated heterocycles. The smallest absolute Gasteiger partial charge is 0.429 e. The number of ether oxygens (including phenoxy) is 2. The fourth-order valence-electron chi connectivity index (χ4n) is 1.32. The van der Waals surface area contributed by atoms with E-state index in [1.807, 2.05) is 0 Å². The maximum Gasteiger partial charge on any atom is 0.510 e. The van der Waals surface area contributed by atoms with Gasteiger partial charge in [0, 0.05) is 0 Å². The van der Waals surface area contributed by atoms with E-state index in [-0.39, 0.29) is 0 Å². The molecule has 0 heterocycles. The van der Waals surface area contributed by atoms with Gasteiger partial charge in [0.1, 0.15) is 5.60 Å². The van der Waals surface area contributed by atoms with Crippen molar-refractivity contribution in [1.82, 2.24) is 0 Å². The molecule has 17 heavy (non-hydrogen) atoms. The average molecular weight is 240 g/mol. The third kappa shape index (κ3) is 9.74. The molecule has 3 heteroatoms. The van der Waals surface area contributed by atoms with Gasteiger partial charge in [0.15, 0.2) is 6.10 Å². The molecule has 0 aliphatic rings. The van der Waals surface area contributed by atoms with E-state index in [1.165, 1.54) is 12.8 Å². The molecule has 0 fully saturated rings. The molecular weight excluding hydrogens is 216 g/mol. The Morgan fingerprint density at radius 3 is 2.41 bits per heavy atom. The summed E-state index contributed by atoms with van der Waals surface area (Å²) >= 11 is 0. The lowest BCUT2D eigenvalue weighted by Gasteiger charge is -2.20. The first-order valence-electron chi connectivity index (χ1n) is 6.24. The third-order valence-corrected chi connectivity index (χ3v) is 2.13. The van der Waals surface area contributed by atoms with Crippen LogP contribution in [-0.2, 0) is 9.47 Å². The highest BCUT2D eigenvalue weighted by molar-refractivity contribution is 5.61. The van der Waals surface area contributed by atoms with Crippen molar-refractivity contribution in [3.8, 4) is 12.3 Å². The van der Waals surface area contributed by atoms with Gasteiger partial charge in [-0.3, -0.25) is 0 Å². The predicted molar refractivity (Wildman–Crippen MR) is 68.7 cm³/mol. The molecule has 0 aromatic heterocycles. The van der Waals surface area contributed by atoms with Crippen LogP contribution < -0.4 is 0 Å². The van der Waals surface area contributed by atoms with E-state index in [2.05, 4.69) is 12.8 Å². The minimum absolute atomic E-state index is 0.471. The summed E-state index contributed by atoms with van der Waals surface area (Å²) in [7, 11) is 0. The average Bonchev–Trinajstić information content (AvgIpc) is 2.20. The van der Waals surface area contributed by atoms with Crippen molar-refractivity contribution in [2.24, 2.45) is 0 Å². The molecule has 0 radical (unpaired) electrons. The van der Waals surface area contributed by atoms with Gasteiger partial charge in [0.25, 0.3) is 0 Å². The van der Waals surface area contributed by atoms with Gasteiger partial charge < -0.3 is 9.47 Å². The van der Waals surface area contributed by atoms with Crippen molar-refractivity contribution >= 4 is 6.16 Å². The fourth-order valence-corrected chi connectivity index (χ4v) is 1.32. The Bertz CT molecular complexity index is 258. The van der Waals surface area contributed by atoms with E-state index in [9.17, 15) is 4.79 Å². The molecule has 98 valence electrons. The molecule has 0 rings (SSSR count). The van der Waals surface area contributed by atoms with Gasteiger partial charge in [-0.25, -0.2) is 4.79 Å². The van der Waals surface area contributed by atoms with Gasteiger partial charge in [0.05, 0.1) is 0 Å². The Labute approximate surface area is 105 Å². The zero-order valence-electron chi connectivity index (χ0n) is 11.4. The summed E-state index contributed by atoms with van der Waals surface area (Å²) < 4.78 is 10.1. The van der Waals surface area contributed by atoms with Gasteiger partial charge in [-0.15, -0.1) is 6.42 Å². The highest BCUT2D eigenvalue weighted by Gasteiger charge is 2.20. The second kappa shape index (κ2) is 8.00. The molecule has 0 aliphatic heterocycles. The number of carbonyl (C=O) groups is 1. The van der Waals surface area contributed by atoms with Crippen LogP contribution in [0.4, 0.5) is 4.79 Å². The van der Waals surface area contributed by atoms with E-state index in [4.69, 9.17) is 15.9 Å². The Morgan fingerprint density at radius 2 is 1.94 bits per heavy atom. The van der Waals surface area contributed by atoms with Crippen LogP contribution >= 0.6 is 0 Å². The second-order valence-electron chi connectivity index (χ2n) is 5.09. The largest absolute Gasteiger partial charge is 0.510 e. The quantitative estimate of drug-likeness (QED) is 0.401. The van der Waals surface area contributed by atoms with Crippen LogP contribution in [0.15, 0.2) is 0 Å². The SMILES string of the molecule is C#CC(CCCCCC)OC(=O)OC(C)(C)C. The van der Waals surface area contributed by atoms with Gasteiger partial charge in [-0.1, -0.05) is 32.1 Å². The summed E-state index contributed by atoms with van der Waals surface area (Å²) in [6.45, 7) is 7.52. The lowest BCUT2D eigenvalue weighted by atomic mass is 10.1. The fraction of sp³-hybridized carbons (Fsp3) is 0.786. The Kier molecular flexibility index (Phi) is 7.45. The second-order valence-corrected chi connectivity index (χ2v) is 5.09. The lowest BCUT2D eigenvalue weighted by Crippen LogP contribution is -2.27. The number of terminal acetylenes is 1. The third-order valence-electron chi connectivity index (χ3n) is 2.13. The zero-order chi connectivity index (χ0) is 13.3. The van der Waals surface area contributed by atoms with E-state index >= 15 is 0 Å². The van der Waals surface area contributed by atoms with Gasteiger partial charge in [-0.05, 0) is 33.6 Å². The molecule has 3 nitrogen and oxygen atoms in total. The van der Waals surface area contributed by atoms with Crippen molar-refractivity contribution in [1.29, 1.82) is 0 Å². The molecule has 0 N–H and O–H groups in total. The summed E-state index contributed by atoms with van der Waals surface area (Å²) in [5.74, 6) is 2.47. The number of hydrogen-bond acceptors (Lipinski definition) is 3. The van der Waals surface area contributed by atoms with Crippen LogP contribution in [-0.4, -0.2) is 17.9 Å².